The first-order valence-corrected chi connectivity index (χ1v) is 7.00. The number of amides is 1. The number of benzene rings is 2. The number of hydrogen-bond acceptors (Lipinski definition) is 3. The Balaban J connectivity index is 1.94. The van der Waals surface area contributed by atoms with Gasteiger partial charge in [-0.15, -0.1) is 0 Å². The van der Waals surface area contributed by atoms with Gasteiger partial charge in [0.05, 0.1) is 19.3 Å². The molecule has 0 unspecified atom stereocenters. The minimum Gasteiger partial charge on any atom is -0.497 e. The molecule has 0 radical (unpaired) electrons. The molecule has 2 rings (SSSR count). The molecule has 0 saturated heterocycles. The Labute approximate surface area is 130 Å². The zero-order chi connectivity index (χ0) is 15.2. The van der Waals surface area contributed by atoms with Crippen molar-refractivity contribution in [3.05, 3.63) is 52.8 Å². The van der Waals surface area contributed by atoms with E-state index in [1.165, 1.54) is 12.1 Å². The van der Waals surface area contributed by atoms with Crippen molar-refractivity contribution in [2.24, 2.45) is 0 Å². The molecule has 2 N–H and O–H groups in total. The standard InChI is InChI=1S/C15H14BrFN2O2/c1-21-12-4-2-3-11(8-12)19-15(20)9-18-14-7-10(17)5-6-13(14)16/h2-8,18H,9H2,1H3,(H,19,20). The van der Waals surface area contributed by atoms with Gasteiger partial charge in [0.2, 0.25) is 5.91 Å². The van der Waals surface area contributed by atoms with Crippen LogP contribution in [-0.4, -0.2) is 19.6 Å². The van der Waals surface area contributed by atoms with E-state index in [2.05, 4.69) is 26.6 Å². The van der Waals surface area contributed by atoms with E-state index in [1.54, 1.807) is 37.4 Å². The van der Waals surface area contributed by atoms with Crippen molar-refractivity contribution in [3.8, 4) is 5.75 Å². The van der Waals surface area contributed by atoms with E-state index in [0.29, 0.717) is 21.6 Å². The highest BCUT2D eigenvalue weighted by Gasteiger charge is 2.06. The molecule has 0 aliphatic carbocycles. The Kier molecular flexibility index (Phi) is 5.16. The molecule has 1 amide bonds. The molecule has 0 fully saturated rings. The lowest BCUT2D eigenvalue weighted by Gasteiger charge is -2.10. The molecular formula is C15H14BrFN2O2. The molecule has 0 saturated carbocycles. The molecular weight excluding hydrogens is 339 g/mol. The summed E-state index contributed by atoms with van der Waals surface area (Å²) in [5.41, 5.74) is 1.16. The summed E-state index contributed by atoms with van der Waals surface area (Å²) in [6, 6.07) is 11.3. The maximum Gasteiger partial charge on any atom is 0.243 e. The van der Waals surface area contributed by atoms with Crippen LogP contribution >= 0.6 is 15.9 Å². The predicted molar refractivity (Wildman–Crippen MR) is 84.2 cm³/mol. The number of ether oxygens (including phenoxy) is 1. The summed E-state index contributed by atoms with van der Waals surface area (Å²) < 4.78 is 18.9. The van der Waals surface area contributed by atoms with Gasteiger partial charge < -0.3 is 15.4 Å². The van der Waals surface area contributed by atoms with Gasteiger partial charge in [-0.1, -0.05) is 6.07 Å². The highest BCUT2D eigenvalue weighted by atomic mass is 79.9. The molecule has 0 heterocycles. The zero-order valence-corrected chi connectivity index (χ0v) is 12.9. The van der Waals surface area contributed by atoms with E-state index in [1.807, 2.05) is 0 Å². The van der Waals surface area contributed by atoms with Crippen molar-refractivity contribution < 1.29 is 13.9 Å². The third kappa shape index (κ3) is 4.46. The number of rotatable bonds is 5. The summed E-state index contributed by atoms with van der Waals surface area (Å²) in [4.78, 5) is 11.9. The predicted octanol–water partition coefficient (Wildman–Crippen LogP) is 3.65. The topological polar surface area (TPSA) is 50.4 Å². The van der Waals surface area contributed by atoms with Crippen LogP contribution in [0.2, 0.25) is 0 Å². The molecule has 110 valence electrons. The van der Waals surface area contributed by atoms with Gasteiger partial charge in [0, 0.05) is 16.2 Å². The Morgan fingerprint density at radius 2 is 2.10 bits per heavy atom. The molecule has 21 heavy (non-hydrogen) atoms. The molecule has 2 aromatic rings. The van der Waals surface area contributed by atoms with Crippen LogP contribution in [0.4, 0.5) is 15.8 Å². The van der Waals surface area contributed by atoms with Gasteiger partial charge >= 0.3 is 0 Å². The Morgan fingerprint density at radius 3 is 2.86 bits per heavy atom. The number of hydrogen-bond donors (Lipinski definition) is 2. The van der Waals surface area contributed by atoms with Gasteiger partial charge in [0.1, 0.15) is 11.6 Å². The average Bonchev–Trinajstić information content (AvgIpc) is 2.48. The molecule has 0 spiro atoms. The zero-order valence-electron chi connectivity index (χ0n) is 11.3. The van der Waals surface area contributed by atoms with Crippen LogP contribution < -0.4 is 15.4 Å². The van der Waals surface area contributed by atoms with Gasteiger partial charge in [0.25, 0.3) is 0 Å². The van der Waals surface area contributed by atoms with Crippen LogP contribution in [-0.2, 0) is 4.79 Å². The quantitative estimate of drug-likeness (QED) is 0.863. The number of anilines is 2. The number of carbonyl (C=O) groups excluding carboxylic acids is 1. The first-order valence-electron chi connectivity index (χ1n) is 6.21. The molecule has 0 aromatic heterocycles. The molecule has 0 aliphatic rings. The lowest BCUT2D eigenvalue weighted by Crippen LogP contribution is -2.21. The Hall–Kier alpha value is -2.08. The number of halogens is 2. The summed E-state index contributed by atoms with van der Waals surface area (Å²) in [6.07, 6.45) is 0. The fourth-order valence-electron chi connectivity index (χ4n) is 1.71. The second-order valence-corrected chi connectivity index (χ2v) is 5.11. The Morgan fingerprint density at radius 1 is 1.29 bits per heavy atom. The van der Waals surface area contributed by atoms with Gasteiger partial charge in [-0.05, 0) is 46.3 Å². The fourth-order valence-corrected chi connectivity index (χ4v) is 2.10. The first-order chi connectivity index (χ1) is 10.1. The van der Waals surface area contributed by atoms with E-state index in [-0.39, 0.29) is 18.3 Å². The monoisotopic (exact) mass is 352 g/mol. The maximum absolute atomic E-state index is 13.1. The minimum absolute atomic E-state index is 0.0270. The van der Waals surface area contributed by atoms with Crippen LogP contribution in [0.3, 0.4) is 0 Å². The lowest BCUT2D eigenvalue weighted by atomic mass is 10.3. The molecule has 2 aromatic carbocycles. The van der Waals surface area contributed by atoms with Crippen LogP contribution in [0.5, 0.6) is 5.75 Å². The van der Waals surface area contributed by atoms with Gasteiger partial charge in [0.15, 0.2) is 0 Å². The lowest BCUT2D eigenvalue weighted by molar-refractivity contribution is -0.114. The molecule has 4 nitrogen and oxygen atoms in total. The summed E-state index contributed by atoms with van der Waals surface area (Å²) in [6.45, 7) is 0.0270. The number of nitrogens with one attached hydrogen (secondary N) is 2. The maximum atomic E-state index is 13.1. The Bertz CT molecular complexity index is 649. The van der Waals surface area contributed by atoms with Crippen LogP contribution in [0.15, 0.2) is 46.9 Å². The molecule has 0 bridgehead atoms. The van der Waals surface area contributed by atoms with E-state index >= 15 is 0 Å². The van der Waals surface area contributed by atoms with Crippen molar-refractivity contribution in [3.63, 3.8) is 0 Å². The van der Waals surface area contributed by atoms with E-state index in [9.17, 15) is 9.18 Å². The summed E-state index contributed by atoms with van der Waals surface area (Å²) in [7, 11) is 1.56. The first kappa shape index (κ1) is 15.3. The van der Waals surface area contributed by atoms with E-state index in [0.717, 1.165) is 0 Å². The SMILES string of the molecule is COc1cccc(NC(=O)CNc2cc(F)ccc2Br)c1. The average molecular weight is 353 g/mol. The fraction of sp³-hybridized carbons (Fsp3) is 0.133. The van der Waals surface area contributed by atoms with Crippen molar-refractivity contribution in [1.82, 2.24) is 0 Å². The highest BCUT2D eigenvalue weighted by molar-refractivity contribution is 9.10. The second-order valence-electron chi connectivity index (χ2n) is 4.26. The van der Waals surface area contributed by atoms with Crippen molar-refractivity contribution in [1.29, 1.82) is 0 Å². The smallest absolute Gasteiger partial charge is 0.243 e. The van der Waals surface area contributed by atoms with Crippen LogP contribution in [0.25, 0.3) is 0 Å². The minimum atomic E-state index is -0.367. The number of methoxy groups -OCH3 is 1. The van der Waals surface area contributed by atoms with Gasteiger partial charge in [-0.2, -0.15) is 0 Å². The molecule has 6 heteroatoms. The summed E-state index contributed by atoms with van der Waals surface area (Å²) in [5, 5.41) is 5.60. The second kappa shape index (κ2) is 7.08. The third-order valence-corrected chi connectivity index (χ3v) is 3.41. The highest BCUT2D eigenvalue weighted by Crippen LogP contribution is 2.23. The van der Waals surface area contributed by atoms with Crippen molar-refractivity contribution in [2.45, 2.75) is 0 Å². The summed E-state index contributed by atoms with van der Waals surface area (Å²) in [5.74, 6) is 0.0574. The van der Waals surface area contributed by atoms with Gasteiger partial charge in [-0.25, -0.2) is 4.39 Å². The van der Waals surface area contributed by atoms with E-state index < -0.39 is 0 Å². The molecule has 0 atom stereocenters. The van der Waals surface area contributed by atoms with Crippen molar-refractivity contribution >= 4 is 33.2 Å². The van der Waals surface area contributed by atoms with Crippen LogP contribution in [0.1, 0.15) is 0 Å². The molecule has 0 aliphatic heterocycles. The normalized spacial score (nSPS) is 10.0. The van der Waals surface area contributed by atoms with Crippen LogP contribution in [0, 0.1) is 5.82 Å². The third-order valence-electron chi connectivity index (χ3n) is 2.72. The van der Waals surface area contributed by atoms with Gasteiger partial charge in [-0.3, -0.25) is 4.79 Å². The van der Waals surface area contributed by atoms with E-state index in [4.69, 9.17) is 4.74 Å². The van der Waals surface area contributed by atoms with Crippen molar-refractivity contribution in [2.75, 3.05) is 24.3 Å². The largest absolute Gasteiger partial charge is 0.497 e. The number of carbonyl (C=O) groups is 1. The summed E-state index contributed by atoms with van der Waals surface area (Å²) >= 11 is 3.29.